The SMILES string of the molecule is C=CC(=O)OCCCCOC(=O)OC1CCC(C(=O)OC2CCC(C(=O)O[C@H]3CO[C@H]4[C@@H]3OC[C@H]4C)CC2)CC1. The number of carbonyl (C=O) groups is 4. The van der Waals surface area contributed by atoms with Crippen LogP contribution >= 0.6 is 0 Å². The van der Waals surface area contributed by atoms with Crippen molar-refractivity contribution in [1.82, 2.24) is 0 Å². The first-order valence-electron chi connectivity index (χ1n) is 14.6. The smallest absolute Gasteiger partial charge is 0.463 e. The fraction of sp³-hybridized carbons (Fsp3) is 0.793. The van der Waals surface area contributed by atoms with E-state index in [0.29, 0.717) is 83.3 Å². The standard InChI is InChI=1S/C29H42O11/c1-3-24(30)34-14-4-5-15-35-29(33)39-22-12-8-19(9-13-22)27(31)38-21-10-6-20(7-11-21)28(32)40-23-17-37-25-18(2)16-36-26(23)25/h3,18-23,25-26H,1,4-17H2,2H3/t18-,19?,20?,21?,22?,23+,25-,26-/m1/s1. The maximum Gasteiger partial charge on any atom is 0.508 e. The average Bonchev–Trinajstić information content (AvgIpc) is 3.53. The molecule has 40 heavy (non-hydrogen) atoms. The minimum absolute atomic E-state index is 0.00153. The van der Waals surface area contributed by atoms with Crippen LogP contribution in [0.5, 0.6) is 0 Å². The Morgan fingerprint density at radius 1 is 0.725 bits per heavy atom. The van der Waals surface area contributed by atoms with Crippen molar-refractivity contribution in [3.05, 3.63) is 12.7 Å². The summed E-state index contributed by atoms with van der Waals surface area (Å²) >= 11 is 0. The summed E-state index contributed by atoms with van der Waals surface area (Å²) in [5.41, 5.74) is 0. The van der Waals surface area contributed by atoms with E-state index in [-0.39, 0.29) is 67.5 Å². The first-order valence-corrected chi connectivity index (χ1v) is 14.6. The highest BCUT2D eigenvalue weighted by molar-refractivity contribution is 5.81. The summed E-state index contributed by atoms with van der Waals surface area (Å²) < 4.78 is 38.4. The molecule has 4 fully saturated rings. The second kappa shape index (κ2) is 14.8. The zero-order valence-corrected chi connectivity index (χ0v) is 23.3. The van der Waals surface area contributed by atoms with E-state index in [0.717, 1.165) is 6.08 Å². The van der Waals surface area contributed by atoms with E-state index in [4.69, 9.17) is 33.2 Å². The van der Waals surface area contributed by atoms with Gasteiger partial charge in [0.2, 0.25) is 0 Å². The molecule has 224 valence electrons. The third-order valence-corrected chi connectivity index (χ3v) is 8.25. The van der Waals surface area contributed by atoms with Crippen molar-refractivity contribution >= 4 is 24.1 Å². The number of ether oxygens (including phenoxy) is 7. The van der Waals surface area contributed by atoms with Gasteiger partial charge in [0.25, 0.3) is 0 Å². The molecule has 4 rings (SSSR count). The predicted octanol–water partition coefficient (Wildman–Crippen LogP) is 3.66. The van der Waals surface area contributed by atoms with Gasteiger partial charge in [-0.05, 0) is 64.2 Å². The summed E-state index contributed by atoms with van der Waals surface area (Å²) in [6.07, 6.45) is 5.30. The number of hydrogen-bond donors (Lipinski definition) is 0. The van der Waals surface area contributed by atoms with Gasteiger partial charge in [-0.15, -0.1) is 0 Å². The quantitative estimate of drug-likeness (QED) is 0.157. The van der Waals surface area contributed by atoms with Crippen LogP contribution in [-0.2, 0) is 47.5 Å². The lowest BCUT2D eigenvalue weighted by Crippen LogP contribution is -2.37. The highest BCUT2D eigenvalue weighted by atomic mass is 16.7. The second-order valence-corrected chi connectivity index (χ2v) is 11.2. The maximum absolute atomic E-state index is 12.8. The van der Waals surface area contributed by atoms with Crippen LogP contribution in [0.25, 0.3) is 0 Å². The summed E-state index contributed by atoms with van der Waals surface area (Å²) in [4.78, 5) is 48.4. The van der Waals surface area contributed by atoms with Gasteiger partial charge in [-0.3, -0.25) is 9.59 Å². The lowest BCUT2D eigenvalue weighted by Gasteiger charge is -2.31. The minimum Gasteiger partial charge on any atom is -0.463 e. The van der Waals surface area contributed by atoms with Crippen LogP contribution in [0.1, 0.15) is 71.1 Å². The van der Waals surface area contributed by atoms with Gasteiger partial charge in [0, 0.05) is 12.0 Å². The molecular weight excluding hydrogens is 524 g/mol. The van der Waals surface area contributed by atoms with E-state index in [1.165, 1.54) is 0 Å². The van der Waals surface area contributed by atoms with Crippen molar-refractivity contribution in [2.24, 2.45) is 17.8 Å². The van der Waals surface area contributed by atoms with E-state index in [9.17, 15) is 19.2 Å². The van der Waals surface area contributed by atoms with E-state index in [1.807, 2.05) is 0 Å². The second-order valence-electron chi connectivity index (χ2n) is 11.2. The topological polar surface area (TPSA) is 133 Å². The first kappa shape index (κ1) is 30.3. The third-order valence-electron chi connectivity index (χ3n) is 8.25. The van der Waals surface area contributed by atoms with Crippen molar-refractivity contribution in [3.63, 3.8) is 0 Å². The summed E-state index contributed by atoms with van der Waals surface area (Å²) in [6, 6.07) is 0. The fourth-order valence-electron chi connectivity index (χ4n) is 5.86. The largest absolute Gasteiger partial charge is 0.508 e. The molecule has 0 aromatic rings. The molecule has 0 unspecified atom stereocenters. The Morgan fingerprint density at radius 2 is 1.27 bits per heavy atom. The molecular formula is C29H42O11. The van der Waals surface area contributed by atoms with Crippen LogP contribution in [-0.4, -0.2) is 81.0 Å². The minimum atomic E-state index is -0.727. The first-order chi connectivity index (χ1) is 19.3. The van der Waals surface area contributed by atoms with Crippen molar-refractivity contribution in [3.8, 4) is 0 Å². The van der Waals surface area contributed by atoms with Gasteiger partial charge < -0.3 is 33.2 Å². The lowest BCUT2D eigenvalue weighted by atomic mass is 9.86. The molecule has 11 nitrogen and oxygen atoms in total. The summed E-state index contributed by atoms with van der Waals surface area (Å²) in [7, 11) is 0. The van der Waals surface area contributed by atoms with Crippen molar-refractivity contribution in [2.45, 2.75) is 102 Å². The van der Waals surface area contributed by atoms with E-state index in [2.05, 4.69) is 13.5 Å². The number of rotatable bonds is 11. The molecule has 2 saturated heterocycles. The predicted molar refractivity (Wildman–Crippen MR) is 139 cm³/mol. The molecule has 0 aromatic carbocycles. The van der Waals surface area contributed by atoms with Gasteiger partial charge in [-0.1, -0.05) is 13.5 Å². The molecule has 4 aliphatic rings. The zero-order valence-electron chi connectivity index (χ0n) is 23.3. The molecule has 2 heterocycles. The fourth-order valence-corrected chi connectivity index (χ4v) is 5.86. The normalized spacial score (nSPS) is 33.3. The zero-order chi connectivity index (χ0) is 28.5. The Morgan fingerprint density at radius 3 is 1.90 bits per heavy atom. The third kappa shape index (κ3) is 8.42. The Bertz CT molecular complexity index is 888. The number of fused-ring (bicyclic) bond motifs is 1. The van der Waals surface area contributed by atoms with E-state index in [1.54, 1.807) is 0 Å². The molecule has 0 bridgehead atoms. The van der Waals surface area contributed by atoms with Crippen molar-refractivity contribution in [2.75, 3.05) is 26.4 Å². The molecule has 4 atom stereocenters. The van der Waals surface area contributed by atoms with Gasteiger partial charge in [-0.2, -0.15) is 0 Å². The Labute approximate surface area is 235 Å². The lowest BCUT2D eigenvalue weighted by molar-refractivity contribution is -0.163. The van der Waals surface area contributed by atoms with Crippen molar-refractivity contribution < 1.29 is 52.3 Å². The number of unbranched alkanes of at least 4 members (excludes halogenated alkanes) is 1. The van der Waals surface area contributed by atoms with Crippen LogP contribution in [0.3, 0.4) is 0 Å². The van der Waals surface area contributed by atoms with Crippen LogP contribution in [0.15, 0.2) is 12.7 Å². The van der Waals surface area contributed by atoms with E-state index < -0.39 is 12.1 Å². The molecule has 2 aliphatic carbocycles. The van der Waals surface area contributed by atoms with Crippen LogP contribution in [0.2, 0.25) is 0 Å². The number of hydrogen-bond acceptors (Lipinski definition) is 11. The molecule has 0 N–H and O–H groups in total. The summed E-state index contributed by atoms with van der Waals surface area (Å²) in [6.45, 7) is 6.81. The van der Waals surface area contributed by atoms with E-state index >= 15 is 0 Å². The van der Waals surface area contributed by atoms with Gasteiger partial charge in [0.05, 0.1) is 44.4 Å². The average molecular weight is 567 g/mol. The highest BCUT2D eigenvalue weighted by Crippen LogP contribution is 2.35. The van der Waals surface area contributed by atoms with Gasteiger partial charge in [0.15, 0.2) is 6.10 Å². The summed E-state index contributed by atoms with van der Waals surface area (Å²) in [5.74, 6) is -1.02. The highest BCUT2D eigenvalue weighted by Gasteiger charge is 2.48. The Kier molecular flexibility index (Phi) is 11.2. The Balaban J connectivity index is 1.05. The van der Waals surface area contributed by atoms with Gasteiger partial charge >= 0.3 is 24.1 Å². The Hall–Kier alpha value is -2.66. The maximum atomic E-state index is 12.8. The van der Waals surface area contributed by atoms with Crippen LogP contribution in [0, 0.1) is 17.8 Å². The van der Waals surface area contributed by atoms with Crippen LogP contribution < -0.4 is 0 Å². The molecule has 2 aliphatic heterocycles. The molecule has 2 saturated carbocycles. The monoisotopic (exact) mass is 566 g/mol. The molecule has 0 aromatic heterocycles. The molecule has 0 amide bonds. The number of carbonyl (C=O) groups excluding carboxylic acids is 4. The van der Waals surface area contributed by atoms with Gasteiger partial charge in [-0.25, -0.2) is 9.59 Å². The van der Waals surface area contributed by atoms with Gasteiger partial charge in [0.1, 0.15) is 18.3 Å². The van der Waals surface area contributed by atoms with Crippen LogP contribution in [0.4, 0.5) is 4.79 Å². The molecule has 11 heteroatoms. The van der Waals surface area contributed by atoms with Crippen molar-refractivity contribution in [1.29, 1.82) is 0 Å². The molecule has 0 spiro atoms. The number of esters is 3. The summed E-state index contributed by atoms with van der Waals surface area (Å²) in [5, 5.41) is 0. The molecule has 0 radical (unpaired) electrons.